The topological polar surface area (TPSA) is 29.3 Å². The van der Waals surface area contributed by atoms with Gasteiger partial charge < -0.3 is 5.73 Å². The first-order valence-electron chi connectivity index (χ1n) is 8.48. The minimum absolute atomic E-state index is 0.215. The van der Waals surface area contributed by atoms with Gasteiger partial charge in [-0.2, -0.15) is 0 Å². The maximum Gasteiger partial charge on any atom is 0.0331 e. The maximum atomic E-state index is 6.21. The van der Waals surface area contributed by atoms with E-state index in [4.69, 9.17) is 5.73 Å². The third kappa shape index (κ3) is 5.43. The van der Waals surface area contributed by atoms with Gasteiger partial charge in [-0.1, -0.05) is 60.8 Å². The lowest BCUT2D eigenvalue weighted by atomic mass is 9.82. The molecule has 0 aliphatic carbocycles. The van der Waals surface area contributed by atoms with Gasteiger partial charge in [0.25, 0.3) is 0 Å². The molecule has 0 aromatic heterocycles. The first kappa shape index (κ1) is 18.9. The zero-order valence-corrected chi connectivity index (χ0v) is 14.3. The van der Waals surface area contributed by atoms with Crippen molar-refractivity contribution in [3.63, 3.8) is 0 Å². The number of nitrogens with two attached hydrogens (primary N) is 1. The van der Waals surface area contributed by atoms with Crippen molar-refractivity contribution in [2.24, 2.45) is 17.6 Å². The second-order valence-corrected chi connectivity index (χ2v) is 6.22. The van der Waals surface area contributed by atoms with Gasteiger partial charge in [0.2, 0.25) is 0 Å². The molecular formula is C17H38N2. The third-order valence-corrected chi connectivity index (χ3v) is 5.15. The SMILES string of the molecule is CCC(C)CC(CC)(CN)N(CC)CC(CC)CC. The smallest absolute Gasteiger partial charge is 0.0331 e. The summed E-state index contributed by atoms with van der Waals surface area (Å²) in [7, 11) is 0. The average molecular weight is 271 g/mol. The molecule has 0 bridgehead atoms. The molecule has 2 N–H and O–H groups in total. The van der Waals surface area contributed by atoms with Crippen molar-refractivity contribution >= 4 is 0 Å². The summed E-state index contributed by atoms with van der Waals surface area (Å²) in [6.07, 6.45) is 6.22. The fourth-order valence-electron chi connectivity index (χ4n) is 3.16. The summed E-state index contributed by atoms with van der Waals surface area (Å²) in [5.41, 5.74) is 6.43. The molecule has 0 spiro atoms. The van der Waals surface area contributed by atoms with E-state index in [0.717, 1.165) is 24.9 Å². The van der Waals surface area contributed by atoms with Crippen LogP contribution in [0.2, 0.25) is 0 Å². The predicted molar refractivity (Wildman–Crippen MR) is 87.5 cm³/mol. The molecule has 0 amide bonds. The number of hydrogen-bond donors (Lipinski definition) is 1. The van der Waals surface area contributed by atoms with Crippen LogP contribution in [0.5, 0.6) is 0 Å². The van der Waals surface area contributed by atoms with Crippen LogP contribution in [0, 0.1) is 11.8 Å². The second kappa shape index (κ2) is 9.77. The van der Waals surface area contributed by atoms with Crippen molar-refractivity contribution in [1.29, 1.82) is 0 Å². The van der Waals surface area contributed by atoms with E-state index in [2.05, 4.69) is 46.4 Å². The summed E-state index contributed by atoms with van der Waals surface area (Å²) < 4.78 is 0. The van der Waals surface area contributed by atoms with Gasteiger partial charge in [-0.3, -0.25) is 4.90 Å². The predicted octanol–water partition coefficient (Wildman–Crippen LogP) is 4.29. The minimum Gasteiger partial charge on any atom is -0.329 e. The molecule has 0 saturated carbocycles. The van der Waals surface area contributed by atoms with Crippen molar-refractivity contribution < 1.29 is 0 Å². The van der Waals surface area contributed by atoms with E-state index in [0.29, 0.717) is 0 Å². The van der Waals surface area contributed by atoms with Crippen molar-refractivity contribution in [3.05, 3.63) is 0 Å². The molecule has 0 radical (unpaired) electrons. The van der Waals surface area contributed by atoms with Crippen LogP contribution >= 0.6 is 0 Å². The molecule has 0 aromatic carbocycles. The van der Waals surface area contributed by atoms with Crippen LogP contribution in [0.4, 0.5) is 0 Å². The largest absolute Gasteiger partial charge is 0.329 e. The molecular weight excluding hydrogens is 232 g/mol. The van der Waals surface area contributed by atoms with Crippen LogP contribution in [0.25, 0.3) is 0 Å². The van der Waals surface area contributed by atoms with Crippen LogP contribution < -0.4 is 5.73 Å². The highest BCUT2D eigenvalue weighted by Crippen LogP contribution is 2.30. The molecule has 2 heteroatoms. The number of nitrogens with zero attached hydrogens (tertiary/aromatic N) is 1. The van der Waals surface area contributed by atoms with Crippen molar-refractivity contribution in [1.82, 2.24) is 4.90 Å². The van der Waals surface area contributed by atoms with Gasteiger partial charge in [-0.05, 0) is 31.2 Å². The van der Waals surface area contributed by atoms with Gasteiger partial charge in [0.1, 0.15) is 0 Å². The molecule has 2 nitrogen and oxygen atoms in total. The second-order valence-electron chi connectivity index (χ2n) is 6.22. The molecule has 0 heterocycles. The van der Waals surface area contributed by atoms with Crippen LogP contribution in [-0.2, 0) is 0 Å². The van der Waals surface area contributed by atoms with E-state index in [1.165, 1.54) is 38.6 Å². The van der Waals surface area contributed by atoms with Gasteiger partial charge in [-0.25, -0.2) is 0 Å². The summed E-state index contributed by atoms with van der Waals surface area (Å²) in [6.45, 7) is 17.0. The van der Waals surface area contributed by atoms with E-state index < -0.39 is 0 Å². The monoisotopic (exact) mass is 270 g/mol. The summed E-state index contributed by atoms with van der Waals surface area (Å²) in [4.78, 5) is 2.68. The number of rotatable bonds is 11. The number of hydrogen-bond acceptors (Lipinski definition) is 2. The highest BCUT2D eigenvalue weighted by Gasteiger charge is 2.34. The lowest BCUT2D eigenvalue weighted by Gasteiger charge is -2.45. The zero-order valence-electron chi connectivity index (χ0n) is 14.3. The molecule has 0 aromatic rings. The molecule has 0 aliphatic heterocycles. The van der Waals surface area contributed by atoms with Crippen molar-refractivity contribution in [2.75, 3.05) is 19.6 Å². The Morgan fingerprint density at radius 3 is 1.89 bits per heavy atom. The Balaban J connectivity index is 4.96. The van der Waals surface area contributed by atoms with Gasteiger partial charge in [0, 0.05) is 18.6 Å². The van der Waals surface area contributed by atoms with E-state index in [-0.39, 0.29) is 5.54 Å². The quantitative estimate of drug-likeness (QED) is 0.607. The first-order chi connectivity index (χ1) is 9.03. The summed E-state index contributed by atoms with van der Waals surface area (Å²) in [5, 5.41) is 0. The molecule has 0 rings (SSSR count). The Kier molecular flexibility index (Phi) is 9.72. The van der Waals surface area contributed by atoms with Gasteiger partial charge in [0.15, 0.2) is 0 Å². The van der Waals surface area contributed by atoms with Crippen LogP contribution in [0.15, 0.2) is 0 Å². The van der Waals surface area contributed by atoms with Gasteiger partial charge >= 0.3 is 0 Å². The lowest BCUT2D eigenvalue weighted by molar-refractivity contribution is 0.0539. The Bertz CT molecular complexity index is 207. The molecule has 19 heavy (non-hydrogen) atoms. The third-order valence-electron chi connectivity index (χ3n) is 5.15. The molecule has 116 valence electrons. The fraction of sp³-hybridized carbons (Fsp3) is 1.00. The number of likely N-dealkylation sites (N-methyl/N-ethyl adjacent to an activating group) is 1. The zero-order chi connectivity index (χ0) is 14.9. The summed E-state index contributed by atoms with van der Waals surface area (Å²) >= 11 is 0. The van der Waals surface area contributed by atoms with Crippen molar-refractivity contribution in [2.45, 2.75) is 79.2 Å². The Hall–Kier alpha value is -0.0800. The molecule has 2 unspecified atom stereocenters. The molecule has 2 atom stereocenters. The van der Waals surface area contributed by atoms with Crippen LogP contribution in [0.1, 0.15) is 73.6 Å². The Morgan fingerprint density at radius 2 is 1.58 bits per heavy atom. The Labute approximate surface area is 122 Å². The van der Waals surface area contributed by atoms with Crippen LogP contribution in [-0.4, -0.2) is 30.1 Å². The first-order valence-corrected chi connectivity index (χ1v) is 8.48. The standard InChI is InChI=1S/C17H38N2/c1-7-15(6)12-17(10-4,14-18)19(11-5)13-16(8-2)9-3/h15-16H,7-14,18H2,1-6H3. The highest BCUT2D eigenvalue weighted by atomic mass is 15.2. The normalized spacial score (nSPS) is 16.9. The van der Waals surface area contributed by atoms with E-state index >= 15 is 0 Å². The summed E-state index contributed by atoms with van der Waals surface area (Å²) in [5.74, 6) is 1.58. The average Bonchev–Trinajstić information content (AvgIpc) is 2.46. The minimum atomic E-state index is 0.215. The van der Waals surface area contributed by atoms with Gasteiger partial charge in [-0.15, -0.1) is 0 Å². The molecule has 0 aliphatic rings. The molecule has 0 fully saturated rings. The van der Waals surface area contributed by atoms with Crippen LogP contribution in [0.3, 0.4) is 0 Å². The van der Waals surface area contributed by atoms with E-state index in [9.17, 15) is 0 Å². The molecule has 0 saturated heterocycles. The lowest BCUT2D eigenvalue weighted by Crippen LogP contribution is -2.55. The highest BCUT2D eigenvalue weighted by molar-refractivity contribution is 4.92. The van der Waals surface area contributed by atoms with Crippen molar-refractivity contribution in [3.8, 4) is 0 Å². The maximum absolute atomic E-state index is 6.21. The fourth-order valence-corrected chi connectivity index (χ4v) is 3.16. The Morgan fingerprint density at radius 1 is 1.00 bits per heavy atom. The van der Waals surface area contributed by atoms with Gasteiger partial charge in [0.05, 0.1) is 0 Å². The van der Waals surface area contributed by atoms with E-state index in [1.807, 2.05) is 0 Å². The van der Waals surface area contributed by atoms with E-state index in [1.54, 1.807) is 0 Å². The summed E-state index contributed by atoms with van der Waals surface area (Å²) in [6, 6.07) is 0.